The smallest absolute Gasteiger partial charge is 0.306 e. The van der Waals surface area contributed by atoms with Gasteiger partial charge in [-0.05, 0) is 25.0 Å². The number of rotatable bonds is 5. The highest BCUT2D eigenvalue weighted by Gasteiger charge is 2.12. The third-order valence-electron chi connectivity index (χ3n) is 2.80. The van der Waals surface area contributed by atoms with Crippen LogP contribution in [-0.2, 0) is 16.0 Å². The number of hydrogen-bond acceptors (Lipinski definition) is 3. The topological polar surface area (TPSA) is 55.0 Å². The second kappa shape index (κ2) is 5.67. The van der Waals surface area contributed by atoms with E-state index in [0.717, 1.165) is 23.3 Å². The van der Waals surface area contributed by atoms with Gasteiger partial charge in [-0.2, -0.15) is 0 Å². The Bertz CT molecular complexity index is 500. The van der Waals surface area contributed by atoms with Crippen LogP contribution < -0.4 is 0 Å². The molecule has 0 fully saturated rings. The average molecular weight is 246 g/mol. The van der Waals surface area contributed by atoms with Gasteiger partial charge in [-0.1, -0.05) is 19.1 Å². The molecule has 2 aromatic rings. The summed E-state index contributed by atoms with van der Waals surface area (Å²) in [7, 11) is 0. The first kappa shape index (κ1) is 12.6. The molecule has 0 bridgehead atoms. The SMILES string of the molecule is CCOC(=O)CC(C)Cc1nc2ccccc2[nH]1. The van der Waals surface area contributed by atoms with Crippen LogP contribution in [0.5, 0.6) is 0 Å². The molecule has 0 saturated heterocycles. The van der Waals surface area contributed by atoms with E-state index in [2.05, 4.69) is 9.97 Å². The monoisotopic (exact) mass is 246 g/mol. The zero-order valence-corrected chi connectivity index (χ0v) is 10.8. The van der Waals surface area contributed by atoms with Gasteiger partial charge in [0.15, 0.2) is 0 Å². The average Bonchev–Trinajstić information content (AvgIpc) is 2.70. The normalized spacial score (nSPS) is 12.6. The summed E-state index contributed by atoms with van der Waals surface area (Å²) in [6, 6.07) is 7.93. The number of carbonyl (C=O) groups excluding carboxylic acids is 1. The molecule has 1 unspecified atom stereocenters. The summed E-state index contributed by atoms with van der Waals surface area (Å²) in [5.74, 6) is 1.01. The van der Waals surface area contributed by atoms with Crippen molar-refractivity contribution in [1.82, 2.24) is 9.97 Å². The minimum absolute atomic E-state index is 0.138. The maximum atomic E-state index is 11.4. The Kier molecular flexibility index (Phi) is 3.97. The van der Waals surface area contributed by atoms with Crippen LogP contribution in [0.1, 0.15) is 26.1 Å². The van der Waals surface area contributed by atoms with Crippen molar-refractivity contribution in [3.05, 3.63) is 30.1 Å². The Morgan fingerprint density at radius 2 is 2.22 bits per heavy atom. The van der Waals surface area contributed by atoms with Crippen LogP contribution in [0, 0.1) is 5.92 Å². The van der Waals surface area contributed by atoms with E-state index in [1.807, 2.05) is 38.1 Å². The van der Waals surface area contributed by atoms with Crippen LogP contribution in [0.15, 0.2) is 24.3 Å². The number of benzene rings is 1. The molecule has 0 saturated carbocycles. The molecule has 0 amide bonds. The largest absolute Gasteiger partial charge is 0.466 e. The number of ether oxygens (including phenoxy) is 1. The van der Waals surface area contributed by atoms with Gasteiger partial charge in [0.1, 0.15) is 5.82 Å². The Morgan fingerprint density at radius 1 is 1.44 bits per heavy atom. The third-order valence-corrected chi connectivity index (χ3v) is 2.80. The number of nitrogens with one attached hydrogen (secondary N) is 1. The number of aromatic nitrogens is 2. The fourth-order valence-corrected chi connectivity index (χ4v) is 2.01. The van der Waals surface area contributed by atoms with Crippen molar-refractivity contribution in [1.29, 1.82) is 0 Å². The van der Waals surface area contributed by atoms with E-state index in [1.54, 1.807) is 0 Å². The van der Waals surface area contributed by atoms with Crippen LogP contribution in [0.3, 0.4) is 0 Å². The van der Waals surface area contributed by atoms with Crippen LogP contribution in [-0.4, -0.2) is 22.5 Å². The Morgan fingerprint density at radius 3 is 2.94 bits per heavy atom. The Hall–Kier alpha value is -1.84. The number of fused-ring (bicyclic) bond motifs is 1. The highest BCUT2D eigenvalue weighted by molar-refractivity contribution is 5.74. The fraction of sp³-hybridized carbons (Fsp3) is 0.429. The first-order valence-electron chi connectivity index (χ1n) is 6.28. The molecule has 0 aliphatic rings. The predicted molar refractivity (Wildman–Crippen MR) is 70.2 cm³/mol. The fourth-order valence-electron chi connectivity index (χ4n) is 2.01. The highest BCUT2D eigenvalue weighted by atomic mass is 16.5. The van der Waals surface area contributed by atoms with Crippen molar-refractivity contribution in [3.8, 4) is 0 Å². The molecule has 0 aliphatic heterocycles. The molecule has 1 aromatic heterocycles. The van der Waals surface area contributed by atoms with Crippen molar-refractivity contribution >= 4 is 17.0 Å². The molecule has 4 heteroatoms. The van der Waals surface area contributed by atoms with E-state index < -0.39 is 0 Å². The van der Waals surface area contributed by atoms with Gasteiger partial charge in [0.2, 0.25) is 0 Å². The van der Waals surface area contributed by atoms with E-state index in [0.29, 0.717) is 13.0 Å². The first-order valence-corrected chi connectivity index (χ1v) is 6.28. The molecule has 0 aliphatic carbocycles. The predicted octanol–water partition coefficient (Wildman–Crippen LogP) is 2.69. The summed E-state index contributed by atoms with van der Waals surface area (Å²) in [6.07, 6.45) is 1.19. The standard InChI is InChI=1S/C14H18N2O2/c1-3-18-14(17)9-10(2)8-13-15-11-6-4-5-7-12(11)16-13/h4-7,10H,3,8-9H2,1-2H3,(H,15,16). The molecule has 0 spiro atoms. The van der Waals surface area contributed by atoms with Gasteiger partial charge in [-0.15, -0.1) is 0 Å². The maximum absolute atomic E-state index is 11.4. The maximum Gasteiger partial charge on any atom is 0.306 e. The number of imidazole rings is 1. The summed E-state index contributed by atoms with van der Waals surface area (Å²) >= 11 is 0. The van der Waals surface area contributed by atoms with Gasteiger partial charge in [0.25, 0.3) is 0 Å². The molecule has 1 atom stereocenters. The number of H-pyrrole nitrogens is 1. The molecule has 18 heavy (non-hydrogen) atoms. The van der Waals surface area contributed by atoms with Gasteiger partial charge >= 0.3 is 5.97 Å². The van der Waals surface area contributed by atoms with E-state index in [-0.39, 0.29) is 11.9 Å². The van der Waals surface area contributed by atoms with Gasteiger partial charge in [-0.3, -0.25) is 4.79 Å². The number of hydrogen-bond donors (Lipinski definition) is 1. The lowest BCUT2D eigenvalue weighted by atomic mass is 10.0. The lowest BCUT2D eigenvalue weighted by Gasteiger charge is -2.08. The lowest BCUT2D eigenvalue weighted by molar-refractivity contribution is -0.144. The summed E-state index contributed by atoms with van der Waals surface area (Å²) in [5.41, 5.74) is 2.01. The second-order valence-electron chi connectivity index (χ2n) is 4.52. The lowest BCUT2D eigenvalue weighted by Crippen LogP contribution is -2.11. The van der Waals surface area contributed by atoms with Crippen LogP contribution >= 0.6 is 0 Å². The number of nitrogens with zero attached hydrogens (tertiary/aromatic N) is 1. The third kappa shape index (κ3) is 3.09. The highest BCUT2D eigenvalue weighted by Crippen LogP contribution is 2.15. The number of para-hydroxylation sites is 2. The van der Waals surface area contributed by atoms with Gasteiger partial charge in [0.05, 0.1) is 17.6 Å². The molecule has 96 valence electrons. The molecular formula is C14H18N2O2. The molecule has 2 rings (SSSR count). The minimum atomic E-state index is -0.138. The molecule has 1 N–H and O–H groups in total. The number of aromatic amines is 1. The number of carbonyl (C=O) groups is 1. The van der Waals surface area contributed by atoms with E-state index >= 15 is 0 Å². The van der Waals surface area contributed by atoms with Crippen molar-refractivity contribution < 1.29 is 9.53 Å². The Labute approximate surface area is 106 Å². The van der Waals surface area contributed by atoms with Crippen molar-refractivity contribution in [2.45, 2.75) is 26.7 Å². The summed E-state index contributed by atoms with van der Waals surface area (Å²) in [4.78, 5) is 19.1. The van der Waals surface area contributed by atoms with Gasteiger partial charge < -0.3 is 9.72 Å². The zero-order valence-electron chi connectivity index (χ0n) is 10.8. The van der Waals surface area contributed by atoms with Crippen LogP contribution in [0.4, 0.5) is 0 Å². The summed E-state index contributed by atoms with van der Waals surface area (Å²) in [6.45, 7) is 4.29. The van der Waals surface area contributed by atoms with Crippen molar-refractivity contribution in [2.24, 2.45) is 5.92 Å². The van der Waals surface area contributed by atoms with Crippen LogP contribution in [0.2, 0.25) is 0 Å². The van der Waals surface area contributed by atoms with Crippen LogP contribution in [0.25, 0.3) is 11.0 Å². The second-order valence-corrected chi connectivity index (χ2v) is 4.52. The summed E-state index contributed by atoms with van der Waals surface area (Å²) < 4.78 is 4.94. The molecular weight excluding hydrogens is 228 g/mol. The zero-order chi connectivity index (χ0) is 13.0. The van der Waals surface area contributed by atoms with Gasteiger partial charge in [0, 0.05) is 12.8 Å². The molecule has 4 nitrogen and oxygen atoms in total. The Balaban J connectivity index is 1.98. The van der Waals surface area contributed by atoms with Crippen molar-refractivity contribution in [2.75, 3.05) is 6.61 Å². The van der Waals surface area contributed by atoms with Gasteiger partial charge in [-0.25, -0.2) is 4.98 Å². The summed E-state index contributed by atoms with van der Waals surface area (Å²) in [5, 5.41) is 0. The quantitative estimate of drug-likeness (QED) is 0.825. The van der Waals surface area contributed by atoms with E-state index in [4.69, 9.17) is 4.74 Å². The molecule has 1 aromatic carbocycles. The molecule has 0 radical (unpaired) electrons. The minimum Gasteiger partial charge on any atom is -0.466 e. The van der Waals surface area contributed by atoms with E-state index in [9.17, 15) is 4.79 Å². The first-order chi connectivity index (χ1) is 8.69. The molecule has 1 heterocycles. The van der Waals surface area contributed by atoms with Crippen molar-refractivity contribution in [3.63, 3.8) is 0 Å². The van der Waals surface area contributed by atoms with E-state index in [1.165, 1.54) is 0 Å². The number of esters is 1.